The number of nitrogens with one attached hydrogen (secondary N) is 1. The largest absolute Gasteiger partial charge is 0.493 e. The van der Waals surface area contributed by atoms with Gasteiger partial charge in [0.2, 0.25) is 0 Å². The maximum Gasteiger partial charge on any atom is 0.161 e. The molecule has 20 heavy (non-hydrogen) atoms. The van der Waals surface area contributed by atoms with Crippen LogP contribution in [0.5, 0.6) is 11.5 Å². The zero-order valence-corrected chi connectivity index (χ0v) is 14.2. The lowest BCUT2D eigenvalue weighted by molar-refractivity contribution is 0.252. The van der Waals surface area contributed by atoms with Crippen molar-refractivity contribution in [3.63, 3.8) is 0 Å². The Morgan fingerprint density at radius 1 is 1.10 bits per heavy atom. The molecule has 0 atom stereocenters. The lowest BCUT2D eigenvalue weighted by atomic mass is 9.83. The van der Waals surface area contributed by atoms with E-state index in [1.54, 1.807) is 14.2 Å². The second-order valence-electron chi connectivity index (χ2n) is 5.77. The van der Waals surface area contributed by atoms with Gasteiger partial charge in [-0.25, -0.2) is 0 Å². The van der Waals surface area contributed by atoms with Gasteiger partial charge in [0.1, 0.15) is 0 Å². The van der Waals surface area contributed by atoms with Crippen molar-refractivity contribution >= 4 is 15.9 Å². The maximum atomic E-state index is 5.38. The first kappa shape index (κ1) is 15.6. The summed E-state index contributed by atoms with van der Waals surface area (Å²) >= 11 is 3.62. The van der Waals surface area contributed by atoms with Gasteiger partial charge in [0.15, 0.2) is 11.5 Å². The van der Waals surface area contributed by atoms with E-state index < -0.39 is 0 Å². The summed E-state index contributed by atoms with van der Waals surface area (Å²) in [6, 6.07) is 4.02. The molecule has 0 amide bonds. The van der Waals surface area contributed by atoms with Crippen LogP contribution < -0.4 is 14.8 Å². The average Bonchev–Trinajstić information content (AvgIpc) is 2.46. The van der Waals surface area contributed by atoms with Gasteiger partial charge in [-0.1, -0.05) is 35.2 Å². The lowest BCUT2D eigenvalue weighted by Crippen LogP contribution is -2.43. The Hall–Kier alpha value is -0.740. The molecule has 0 radical (unpaired) electrons. The van der Waals surface area contributed by atoms with Crippen LogP contribution >= 0.6 is 15.9 Å². The van der Waals surface area contributed by atoms with Crippen LogP contribution in [0.15, 0.2) is 16.6 Å². The molecular formula is C16H24BrNO2. The van der Waals surface area contributed by atoms with E-state index in [0.29, 0.717) is 0 Å². The van der Waals surface area contributed by atoms with Gasteiger partial charge in [-0.3, -0.25) is 0 Å². The van der Waals surface area contributed by atoms with Crippen LogP contribution in [0.25, 0.3) is 0 Å². The average molecular weight is 342 g/mol. The highest BCUT2D eigenvalue weighted by Gasteiger charge is 2.26. The molecule has 1 N–H and O–H groups in total. The Labute approximate surface area is 130 Å². The highest BCUT2D eigenvalue weighted by atomic mass is 79.9. The standard InChI is InChI=1S/C16H24BrNO2/c1-16(7-5-4-6-8-16)18-11-12-9-14(19-2)15(20-3)10-13(12)17/h9-10,18H,4-8,11H2,1-3H3. The highest BCUT2D eigenvalue weighted by molar-refractivity contribution is 9.10. The summed E-state index contributed by atoms with van der Waals surface area (Å²) in [6.45, 7) is 3.18. The summed E-state index contributed by atoms with van der Waals surface area (Å²) < 4.78 is 11.7. The molecule has 3 nitrogen and oxygen atoms in total. The zero-order valence-electron chi connectivity index (χ0n) is 12.6. The minimum atomic E-state index is 0.269. The number of hydrogen-bond acceptors (Lipinski definition) is 3. The fraction of sp³-hybridized carbons (Fsp3) is 0.625. The molecule has 0 heterocycles. The van der Waals surface area contributed by atoms with Crippen molar-refractivity contribution in [2.45, 2.75) is 51.1 Å². The van der Waals surface area contributed by atoms with E-state index in [9.17, 15) is 0 Å². The predicted octanol–water partition coefficient (Wildman–Crippen LogP) is 4.28. The van der Waals surface area contributed by atoms with E-state index in [1.807, 2.05) is 12.1 Å². The van der Waals surface area contributed by atoms with Crippen molar-refractivity contribution in [2.75, 3.05) is 14.2 Å². The number of halogens is 1. The molecule has 1 aromatic rings. The molecule has 0 aromatic heterocycles. The number of ether oxygens (including phenoxy) is 2. The van der Waals surface area contributed by atoms with E-state index >= 15 is 0 Å². The third kappa shape index (κ3) is 3.67. The molecule has 112 valence electrons. The van der Waals surface area contributed by atoms with Gasteiger partial charge in [-0.15, -0.1) is 0 Å². The maximum absolute atomic E-state index is 5.38. The van der Waals surface area contributed by atoms with Gasteiger partial charge in [-0.05, 0) is 37.5 Å². The smallest absolute Gasteiger partial charge is 0.161 e. The molecule has 1 fully saturated rings. The van der Waals surface area contributed by atoms with Crippen LogP contribution in [0, 0.1) is 0 Å². The summed E-state index contributed by atoms with van der Waals surface area (Å²) in [5, 5.41) is 3.72. The molecule has 2 rings (SSSR count). The third-order valence-electron chi connectivity index (χ3n) is 4.22. The minimum absolute atomic E-state index is 0.269. The van der Waals surface area contributed by atoms with Gasteiger partial charge in [-0.2, -0.15) is 0 Å². The van der Waals surface area contributed by atoms with Crippen molar-refractivity contribution in [3.05, 3.63) is 22.2 Å². The van der Waals surface area contributed by atoms with Crippen molar-refractivity contribution in [1.29, 1.82) is 0 Å². The molecule has 0 bridgehead atoms. The van der Waals surface area contributed by atoms with Crippen molar-refractivity contribution < 1.29 is 9.47 Å². The molecular weight excluding hydrogens is 318 g/mol. The third-order valence-corrected chi connectivity index (χ3v) is 4.95. The molecule has 1 aliphatic carbocycles. The van der Waals surface area contributed by atoms with E-state index in [0.717, 1.165) is 22.5 Å². The van der Waals surface area contributed by atoms with Gasteiger partial charge in [0.25, 0.3) is 0 Å². The predicted molar refractivity (Wildman–Crippen MR) is 85.6 cm³/mol. The summed E-state index contributed by atoms with van der Waals surface area (Å²) in [5.74, 6) is 1.54. The molecule has 0 aliphatic heterocycles. The topological polar surface area (TPSA) is 30.5 Å². The number of hydrogen-bond donors (Lipinski definition) is 1. The van der Waals surface area contributed by atoms with Crippen molar-refractivity contribution in [2.24, 2.45) is 0 Å². The Kier molecular flexibility index (Phi) is 5.33. The molecule has 0 saturated heterocycles. The highest BCUT2D eigenvalue weighted by Crippen LogP contribution is 2.34. The number of benzene rings is 1. The minimum Gasteiger partial charge on any atom is -0.493 e. The summed E-state index contributed by atoms with van der Waals surface area (Å²) in [6.07, 6.45) is 6.56. The molecule has 1 aromatic carbocycles. The molecule has 4 heteroatoms. The van der Waals surface area contributed by atoms with Crippen LogP contribution in [0.1, 0.15) is 44.6 Å². The Bertz CT molecular complexity index is 456. The fourth-order valence-corrected chi connectivity index (χ4v) is 3.31. The van der Waals surface area contributed by atoms with Crippen molar-refractivity contribution in [1.82, 2.24) is 5.32 Å². The Morgan fingerprint density at radius 3 is 2.30 bits per heavy atom. The Morgan fingerprint density at radius 2 is 1.70 bits per heavy atom. The Balaban J connectivity index is 2.09. The van der Waals surface area contributed by atoms with Gasteiger partial charge in [0.05, 0.1) is 14.2 Å². The first-order valence-corrected chi connectivity index (χ1v) is 8.03. The van der Waals surface area contributed by atoms with Crippen molar-refractivity contribution in [3.8, 4) is 11.5 Å². The second-order valence-corrected chi connectivity index (χ2v) is 6.63. The molecule has 1 saturated carbocycles. The first-order chi connectivity index (χ1) is 9.58. The van der Waals surface area contributed by atoms with Crippen LogP contribution in [-0.2, 0) is 6.54 Å². The fourth-order valence-electron chi connectivity index (χ4n) is 2.85. The quantitative estimate of drug-likeness (QED) is 0.866. The summed E-state index contributed by atoms with van der Waals surface area (Å²) in [4.78, 5) is 0. The van der Waals surface area contributed by atoms with Gasteiger partial charge < -0.3 is 14.8 Å². The van der Waals surface area contributed by atoms with Crippen LogP contribution in [0.3, 0.4) is 0 Å². The molecule has 1 aliphatic rings. The van der Waals surface area contributed by atoms with E-state index in [1.165, 1.54) is 37.7 Å². The molecule has 0 spiro atoms. The van der Waals surface area contributed by atoms with E-state index in [4.69, 9.17) is 9.47 Å². The number of methoxy groups -OCH3 is 2. The SMILES string of the molecule is COc1cc(Br)c(CNC2(C)CCCCC2)cc1OC. The van der Waals surface area contributed by atoms with E-state index in [-0.39, 0.29) is 5.54 Å². The normalized spacial score (nSPS) is 17.8. The summed E-state index contributed by atoms with van der Waals surface area (Å²) in [5.41, 5.74) is 1.47. The summed E-state index contributed by atoms with van der Waals surface area (Å²) in [7, 11) is 3.33. The first-order valence-electron chi connectivity index (χ1n) is 7.23. The lowest BCUT2D eigenvalue weighted by Gasteiger charge is -2.35. The molecule has 0 unspecified atom stereocenters. The monoisotopic (exact) mass is 341 g/mol. The van der Waals surface area contributed by atoms with Gasteiger partial charge >= 0.3 is 0 Å². The van der Waals surface area contributed by atoms with Crippen LogP contribution in [0.2, 0.25) is 0 Å². The van der Waals surface area contributed by atoms with Gasteiger partial charge in [0, 0.05) is 16.6 Å². The van der Waals surface area contributed by atoms with E-state index in [2.05, 4.69) is 28.2 Å². The van der Waals surface area contributed by atoms with Crippen LogP contribution in [-0.4, -0.2) is 19.8 Å². The number of rotatable bonds is 5. The zero-order chi connectivity index (χ0) is 14.6. The second kappa shape index (κ2) is 6.81. The van der Waals surface area contributed by atoms with Crippen LogP contribution in [0.4, 0.5) is 0 Å².